The second kappa shape index (κ2) is 8.78. The Kier molecular flexibility index (Phi) is 6.03. The molecule has 2 aromatic rings. The van der Waals surface area contributed by atoms with E-state index in [1.165, 1.54) is 19.2 Å². The topological polar surface area (TPSA) is 112 Å². The maximum Gasteiger partial charge on any atom is 0.254 e. The van der Waals surface area contributed by atoms with E-state index in [0.29, 0.717) is 33.8 Å². The molecule has 4 amide bonds. The Balaban J connectivity index is 1.50. The number of carbonyl (C=O) groups is 4. The molecule has 10 heteroatoms. The number of ether oxygens (including phenoxy) is 1. The molecule has 3 heterocycles. The molecule has 0 radical (unpaired) electrons. The highest BCUT2D eigenvalue weighted by atomic mass is 19.1. The van der Waals surface area contributed by atoms with Crippen molar-refractivity contribution in [3.05, 3.63) is 52.1 Å². The number of methoxy groups -OCH3 is 1. The minimum atomic E-state index is -0.930. The minimum absolute atomic E-state index is 0.0979. The fraction of sp³-hybridized carbons (Fsp3) is 0.391. The first-order valence-corrected chi connectivity index (χ1v) is 10.6. The van der Waals surface area contributed by atoms with Crippen molar-refractivity contribution in [3.63, 3.8) is 0 Å². The van der Waals surface area contributed by atoms with Gasteiger partial charge in [-0.15, -0.1) is 0 Å². The van der Waals surface area contributed by atoms with E-state index in [4.69, 9.17) is 4.74 Å². The third kappa shape index (κ3) is 4.13. The summed E-state index contributed by atoms with van der Waals surface area (Å²) in [6.45, 7) is 4.05. The van der Waals surface area contributed by atoms with Crippen molar-refractivity contribution in [2.45, 2.75) is 39.3 Å². The predicted molar refractivity (Wildman–Crippen MR) is 116 cm³/mol. The summed E-state index contributed by atoms with van der Waals surface area (Å²) in [5.41, 5.74) is 3.53. The number of halogens is 1. The molecule has 0 unspecified atom stereocenters. The number of nitrogens with one attached hydrogen (secondary N) is 2. The molecule has 2 aliphatic heterocycles. The molecule has 1 saturated heterocycles. The highest BCUT2D eigenvalue weighted by Crippen LogP contribution is 2.32. The molecule has 9 nitrogen and oxygen atoms in total. The Labute approximate surface area is 189 Å². The van der Waals surface area contributed by atoms with Crippen LogP contribution in [0.25, 0.3) is 0 Å². The Morgan fingerprint density at radius 3 is 2.70 bits per heavy atom. The van der Waals surface area contributed by atoms with E-state index in [0.717, 1.165) is 4.90 Å². The maximum atomic E-state index is 13.5. The first kappa shape index (κ1) is 22.7. The highest BCUT2D eigenvalue weighted by Gasteiger charge is 2.39. The summed E-state index contributed by atoms with van der Waals surface area (Å²) in [6.07, 6.45) is 0.0237. The largest absolute Gasteiger partial charge is 0.383 e. The number of aromatic amines is 1. The fourth-order valence-corrected chi connectivity index (χ4v) is 4.44. The van der Waals surface area contributed by atoms with Gasteiger partial charge >= 0.3 is 0 Å². The van der Waals surface area contributed by atoms with Crippen molar-refractivity contribution in [1.29, 1.82) is 0 Å². The van der Waals surface area contributed by atoms with Gasteiger partial charge in [-0.2, -0.15) is 0 Å². The van der Waals surface area contributed by atoms with E-state index >= 15 is 0 Å². The number of H-pyrrole nitrogens is 1. The number of aryl methyl sites for hydroxylation is 1. The fourth-order valence-electron chi connectivity index (χ4n) is 4.44. The number of likely N-dealkylation sites (tertiary alicyclic amines) is 1. The van der Waals surface area contributed by atoms with Gasteiger partial charge < -0.3 is 19.9 Å². The second-order valence-electron chi connectivity index (χ2n) is 8.26. The van der Waals surface area contributed by atoms with E-state index < -0.39 is 23.7 Å². The number of nitrogens with zero attached hydrogens (tertiary/aromatic N) is 2. The Morgan fingerprint density at radius 1 is 1.21 bits per heavy atom. The van der Waals surface area contributed by atoms with Gasteiger partial charge in [0, 0.05) is 24.2 Å². The summed E-state index contributed by atoms with van der Waals surface area (Å²) in [5.74, 6) is -1.83. The number of fused-ring (bicyclic) bond motifs is 1. The van der Waals surface area contributed by atoms with Gasteiger partial charge in [-0.25, -0.2) is 4.39 Å². The van der Waals surface area contributed by atoms with Gasteiger partial charge in [0.05, 0.1) is 38.1 Å². The summed E-state index contributed by atoms with van der Waals surface area (Å²) in [4.78, 5) is 56.0. The Hall–Kier alpha value is -3.53. The van der Waals surface area contributed by atoms with Crippen LogP contribution in [0.4, 0.5) is 10.1 Å². The van der Waals surface area contributed by atoms with Crippen LogP contribution >= 0.6 is 0 Å². The monoisotopic (exact) mass is 456 g/mol. The Morgan fingerprint density at radius 2 is 1.97 bits per heavy atom. The van der Waals surface area contributed by atoms with Gasteiger partial charge in [-0.05, 0) is 43.2 Å². The summed E-state index contributed by atoms with van der Waals surface area (Å²) < 4.78 is 18.4. The van der Waals surface area contributed by atoms with Crippen molar-refractivity contribution in [2.75, 3.05) is 25.2 Å². The number of aromatic nitrogens is 1. The molecule has 0 bridgehead atoms. The first-order valence-electron chi connectivity index (χ1n) is 10.6. The summed E-state index contributed by atoms with van der Waals surface area (Å²) in [7, 11) is 1.48. The molecule has 2 aliphatic rings. The van der Waals surface area contributed by atoms with Crippen LogP contribution in [0, 0.1) is 19.7 Å². The van der Waals surface area contributed by atoms with Crippen molar-refractivity contribution >= 4 is 29.3 Å². The van der Waals surface area contributed by atoms with Crippen molar-refractivity contribution in [1.82, 2.24) is 15.2 Å². The molecular weight excluding hydrogens is 431 g/mol. The van der Waals surface area contributed by atoms with E-state index in [1.54, 1.807) is 24.8 Å². The lowest BCUT2D eigenvalue weighted by Gasteiger charge is -2.17. The zero-order valence-electron chi connectivity index (χ0n) is 18.7. The van der Waals surface area contributed by atoms with Gasteiger partial charge in [-0.3, -0.25) is 24.1 Å². The van der Waals surface area contributed by atoms with Crippen LogP contribution in [0.3, 0.4) is 0 Å². The number of hydrogen-bond donors (Lipinski definition) is 2. The average molecular weight is 456 g/mol. The van der Waals surface area contributed by atoms with Gasteiger partial charge in [0.2, 0.25) is 11.8 Å². The standard InChI is InChI=1S/C23H25FN4O5/c1-12-17(11-28-18-5-4-15(24)8-14(18)9-19(28)29)25-13(2)21(12)22(31)26-16-10-20(30)27(23(16)32)6-7-33-3/h4-5,8,16,25H,6-7,9-11H2,1-3H3,(H,26,31)/t16-/m0/s1. The van der Waals surface area contributed by atoms with E-state index in [1.807, 2.05) is 0 Å². The molecule has 1 fully saturated rings. The van der Waals surface area contributed by atoms with E-state index in [2.05, 4.69) is 10.3 Å². The quantitative estimate of drug-likeness (QED) is 0.611. The van der Waals surface area contributed by atoms with Crippen LogP contribution in [-0.4, -0.2) is 59.8 Å². The molecule has 174 valence electrons. The molecular formula is C23H25FN4O5. The average Bonchev–Trinajstić information content (AvgIpc) is 3.31. The molecule has 0 spiro atoms. The zero-order chi connectivity index (χ0) is 23.9. The lowest BCUT2D eigenvalue weighted by Crippen LogP contribution is -2.42. The second-order valence-corrected chi connectivity index (χ2v) is 8.26. The van der Waals surface area contributed by atoms with Crippen LogP contribution in [0.1, 0.15) is 39.3 Å². The molecule has 4 rings (SSSR count). The summed E-state index contributed by atoms with van der Waals surface area (Å²) in [5, 5.41) is 2.67. The summed E-state index contributed by atoms with van der Waals surface area (Å²) in [6, 6.07) is 3.31. The van der Waals surface area contributed by atoms with Crippen LogP contribution in [0.5, 0.6) is 0 Å². The maximum absolute atomic E-state index is 13.5. The van der Waals surface area contributed by atoms with Crippen LogP contribution in [0.15, 0.2) is 18.2 Å². The number of amides is 4. The van der Waals surface area contributed by atoms with Gasteiger partial charge in [0.25, 0.3) is 11.8 Å². The van der Waals surface area contributed by atoms with Crippen molar-refractivity contribution < 1.29 is 28.3 Å². The smallest absolute Gasteiger partial charge is 0.254 e. The molecule has 33 heavy (non-hydrogen) atoms. The predicted octanol–water partition coefficient (Wildman–Crippen LogP) is 1.36. The SMILES string of the molecule is COCCN1C(=O)C[C@H](NC(=O)c2c(C)[nH]c(CN3C(=O)Cc4cc(F)ccc43)c2C)C1=O. The van der Waals surface area contributed by atoms with Gasteiger partial charge in [0.15, 0.2) is 0 Å². The molecule has 2 N–H and O–H groups in total. The number of rotatable bonds is 7. The number of imide groups is 1. The van der Waals surface area contributed by atoms with Gasteiger partial charge in [0.1, 0.15) is 11.9 Å². The van der Waals surface area contributed by atoms with Crippen molar-refractivity contribution in [3.8, 4) is 0 Å². The lowest BCUT2D eigenvalue weighted by atomic mass is 10.1. The van der Waals surface area contributed by atoms with Gasteiger partial charge in [-0.1, -0.05) is 0 Å². The van der Waals surface area contributed by atoms with Crippen LogP contribution < -0.4 is 10.2 Å². The minimum Gasteiger partial charge on any atom is -0.383 e. The number of hydrogen-bond acceptors (Lipinski definition) is 5. The molecule has 0 saturated carbocycles. The number of benzene rings is 1. The molecule has 1 aromatic heterocycles. The molecule has 0 aliphatic carbocycles. The molecule has 1 aromatic carbocycles. The lowest BCUT2D eigenvalue weighted by molar-refractivity contribution is -0.139. The van der Waals surface area contributed by atoms with E-state index in [9.17, 15) is 23.6 Å². The third-order valence-corrected chi connectivity index (χ3v) is 6.13. The zero-order valence-corrected chi connectivity index (χ0v) is 18.7. The first-order chi connectivity index (χ1) is 15.7. The normalized spacial score (nSPS) is 17.8. The summed E-state index contributed by atoms with van der Waals surface area (Å²) >= 11 is 0. The highest BCUT2D eigenvalue weighted by molar-refractivity contribution is 6.08. The van der Waals surface area contributed by atoms with Crippen molar-refractivity contribution in [2.24, 2.45) is 0 Å². The molecule has 1 atom stereocenters. The van der Waals surface area contributed by atoms with E-state index in [-0.39, 0.29) is 44.4 Å². The van der Waals surface area contributed by atoms with Crippen LogP contribution in [-0.2, 0) is 32.1 Å². The number of carbonyl (C=O) groups excluding carboxylic acids is 4. The Bertz CT molecular complexity index is 1160. The third-order valence-electron chi connectivity index (χ3n) is 6.13. The number of anilines is 1. The van der Waals surface area contributed by atoms with Crippen LogP contribution in [0.2, 0.25) is 0 Å².